The maximum Gasteiger partial charge on any atom is 0.146 e. The van der Waals surface area contributed by atoms with E-state index in [1.807, 2.05) is 0 Å². The van der Waals surface area contributed by atoms with E-state index in [-0.39, 0.29) is 0 Å². The first kappa shape index (κ1) is 35.5. The monoisotopic (exact) mass is 839 g/mol. The highest BCUT2D eigenvalue weighted by Gasteiger charge is 2.29. The van der Waals surface area contributed by atoms with E-state index in [9.17, 15) is 0 Å². The third-order valence-electron chi connectivity index (χ3n) is 14.0. The Kier molecular flexibility index (Phi) is 7.16. The van der Waals surface area contributed by atoms with Crippen molar-refractivity contribution in [1.82, 2.24) is 13.8 Å². The van der Waals surface area contributed by atoms with Crippen LogP contribution in [-0.4, -0.2) is 13.8 Å². The molecule has 0 aliphatic heterocycles. The van der Waals surface area contributed by atoms with Crippen molar-refractivity contribution >= 4 is 132 Å². The molecule has 306 valence electrons. The van der Waals surface area contributed by atoms with E-state index in [1.54, 1.807) is 0 Å². The molecule has 5 aromatic heterocycles. The lowest BCUT2D eigenvalue weighted by Crippen LogP contribution is -2.11. The normalized spacial score (nSPS) is 12.2. The summed E-state index contributed by atoms with van der Waals surface area (Å²) in [5, 5.41) is 13.2. The second-order valence-electron chi connectivity index (χ2n) is 17.5. The van der Waals surface area contributed by atoms with E-state index < -0.39 is 0 Å². The van der Waals surface area contributed by atoms with Gasteiger partial charge in [-0.2, -0.15) is 0 Å². The van der Waals surface area contributed by atoms with E-state index in [0.29, 0.717) is 0 Å². The Balaban J connectivity index is 1.14. The number of hydrogen-bond acceptors (Lipinski definition) is 3. The molecule has 10 aromatic carbocycles. The number of anilines is 6. The van der Waals surface area contributed by atoms with Crippen molar-refractivity contribution in [1.29, 1.82) is 0 Å². The Bertz CT molecular complexity index is 4310. The van der Waals surface area contributed by atoms with Crippen molar-refractivity contribution in [2.45, 2.75) is 0 Å². The van der Waals surface area contributed by atoms with E-state index in [1.165, 1.54) is 65.0 Å². The Hall–Kier alpha value is -8.93. The first-order valence-electron chi connectivity index (χ1n) is 22.6. The van der Waals surface area contributed by atoms with Crippen molar-refractivity contribution in [3.63, 3.8) is 0 Å². The molecule has 5 heteroatoms. The van der Waals surface area contributed by atoms with Gasteiger partial charge in [0.15, 0.2) is 0 Å². The van der Waals surface area contributed by atoms with Gasteiger partial charge in [-0.05, 0) is 89.0 Å². The van der Waals surface area contributed by atoms with Gasteiger partial charge in [0, 0.05) is 65.8 Å². The molecule has 0 aliphatic carbocycles. The molecule has 66 heavy (non-hydrogen) atoms. The summed E-state index contributed by atoms with van der Waals surface area (Å²) in [7, 11) is 0. The molecule has 0 unspecified atom stereocenters. The van der Waals surface area contributed by atoms with Crippen LogP contribution in [0.2, 0.25) is 0 Å². The summed E-state index contributed by atoms with van der Waals surface area (Å²) >= 11 is 0. The lowest BCUT2D eigenvalue weighted by atomic mass is 10.00. The summed E-state index contributed by atoms with van der Waals surface area (Å²) in [6.45, 7) is 0. The Labute approximate surface area is 378 Å². The molecule has 0 fully saturated rings. The van der Waals surface area contributed by atoms with Gasteiger partial charge in [0.2, 0.25) is 0 Å². The molecule has 0 bridgehead atoms. The summed E-state index contributed by atoms with van der Waals surface area (Å²) in [5.74, 6) is 0. The quantitative estimate of drug-likeness (QED) is 0.167. The largest absolute Gasteiger partial charge is 0.308 e. The zero-order valence-corrected chi connectivity index (χ0v) is 35.6. The van der Waals surface area contributed by atoms with Crippen molar-refractivity contribution in [2.75, 3.05) is 9.80 Å². The fraction of sp³-hybridized carbons (Fsp3) is 0. The van der Waals surface area contributed by atoms with Crippen LogP contribution in [-0.2, 0) is 0 Å². The topological polar surface area (TPSA) is 28.2 Å². The van der Waals surface area contributed by atoms with Crippen LogP contribution in [0.15, 0.2) is 224 Å². The molecule has 0 radical (unpaired) electrons. The lowest BCUT2D eigenvalue weighted by Gasteiger charge is -2.28. The zero-order valence-electron chi connectivity index (χ0n) is 35.6. The molecule has 15 aromatic rings. The van der Waals surface area contributed by atoms with Crippen molar-refractivity contribution in [3.8, 4) is 0 Å². The minimum Gasteiger partial charge on any atom is -0.308 e. The number of fused-ring (bicyclic) bond motifs is 15. The molecule has 0 amide bonds. The average molecular weight is 840 g/mol. The van der Waals surface area contributed by atoms with E-state index in [4.69, 9.17) is 4.98 Å². The minimum atomic E-state index is 0.959. The van der Waals surface area contributed by atoms with E-state index in [0.717, 1.165) is 67.1 Å². The third kappa shape index (κ3) is 4.70. The van der Waals surface area contributed by atoms with E-state index >= 15 is 0 Å². The predicted molar refractivity (Wildman–Crippen MR) is 278 cm³/mol. The number of benzene rings is 10. The van der Waals surface area contributed by atoms with Crippen molar-refractivity contribution < 1.29 is 0 Å². The maximum atomic E-state index is 5.91. The highest BCUT2D eigenvalue weighted by atomic mass is 15.2. The summed E-state index contributed by atoms with van der Waals surface area (Å²) < 4.78 is 5.01. The smallest absolute Gasteiger partial charge is 0.146 e. The summed E-state index contributed by atoms with van der Waals surface area (Å²) in [4.78, 5) is 10.8. The van der Waals surface area contributed by atoms with Gasteiger partial charge < -0.3 is 14.2 Å². The van der Waals surface area contributed by atoms with Gasteiger partial charge in [-0.15, -0.1) is 0 Å². The fourth-order valence-corrected chi connectivity index (χ4v) is 11.4. The number of aromatic nitrogens is 3. The van der Waals surface area contributed by atoms with E-state index in [2.05, 4.69) is 243 Å². The lowest BCUT2D eigenvalue weighted by molar-refractivity contribution is 1.25. The van der Waals surface area contributed by atoms with Crippen LogP contribution in [0.1, 0.15) is 0 Å². The van der Waals surface area contributed by atoms with Crippen LogP contribution in [0.4, 0.5) is 34.1 Å². The van der Waals surface area contributed by atoms with Gasteiger partial charge in [-0.25, -0.2) is 4.98 Å². The number of pyridine rings is 1. The Morgan fingerprint density at radius 3 is 1.47 bits per heavy atom. The summed E-state index contributed by atoms with van der Waals surface area (Å²) in [6, 6.07) is 81.6. The van der Waals surface area contributed by atoms with Crippen LogP contribution in [0.5, 0.6) is 0 Å². The molecular weight excluding hydrogens is 803 g/mol. The molecule has 0 atom stereocenters. The first-order valence-corrected chi connectivity index (χ1v) is 22.6. The molecule has 5 nitrogen and oxygen atoms in total. The van der Waals surface area contributed by atoms with Crippen LogP contribution >= 0.6 is 0 Å². The number of nitrogens with zero attached hydrogens (tertiary/aromatic N) is 5. The van der Waals surface area contributed by atoms with Gasteiger partial charge in [0.05, 0.1) is 44.5 Å². The second-order valence-corrected chi connectivity index (χ2v) is 17.5. The van der Waals surface area contributed by atoms with Gasteiger partial charge in [-0.3, -0.25) is 4.40 Å². The minimum absolute atomic E-state index is 0.959. The molecule has 0 saturated heterocycles. The standard InChI is InChI=1S/C61H37N5/c1-5-21-40(22-6-1)63(41-23-7-2-8-24-41)52-34-18-32-47-54-44-29-15-13-19-38(44)35-50-51-37-53-55(62-61(51)66(57(47)52)58(50)54)48-33-17-31-46-49-36-39-20-14-16-30-45(39)59(60(49)65(53)56(46)48)64(42-25-9-3-10-26-42)43-27-11-4-12-28-43/h1-37H. The average Bonchev–Trinajstić information content (AvgIpc) is 4.10. The molecule has 0 spiro atoms. The summed E-state index contributed by atoms with van der Waals surface area (Å²) in [6.07, 6.45) is 0. The van der Waals surface area contributed by atoms with Crippen LogP contribution in [0, 0.1) is 0 Å². The van der Waals surface area contributed by atoms with Gasteiger partial charge >= 0.3 is 0 Å². The SMILES string of the molecule is c1ccc(N(c2ccccc2)c2c3ccccc3cc3c4cccc5c6nc7c(cc6n(c23)c45)c2cc3ccccc3c3c4cccc(N(c5ccccc5)c5ccccc5)c4n7c23)cc1. The fourth-order valence-electron chi connectivity index (χ4n) is 11.4. The Morgan fingerprint density at radius 2 is 0.818 bits per heavy atom. The molecular formula is C61H37N5. The van der Waals surface area contributed by atoms with Gasteiger partial charge in [0.25, 0.3) is 0 Å². The molecule has 0 saturated carbocycles. The van der Waals surface area contributed by atoms with Crippen molar-refractivity contribution in [3.05, 3.63) is 224 Å². The zero-order chi connectivity index (χ0) is 43.0. The van der Waals surface area contributed by atoms with Crippen LogP contribution in [0.3, 0.4) is 0 Å². The second kappa shape index (κ2) is 13.3. The maximum absolute atomic E-state index is 5.91. The molecule has 5 heterocycles. The molecule has 0 N–H and O–H groups in total. The number of para-hydroxylation sites is 6. The van der Waals surface area contributed by atoms with Gasteiger partial charge in [0.1, 0.15) is 5.65 Å². The molecule has 0 aliphatic rings. The highest BCUT2D eigenvalue weighted by Crippen LogP contribution is 2.51. The van der Waals surface area contributed by atoms with Crippen LogP contribution < -0.4 is 9.80 Å². The predicted octanol–water partition coefficient (Wildman–Crippen LogP) is 16.6. The Morgan fingerprint density at radius 1 is 0.318 bits per heavy atom. The van der Waals surface area contributed by atoms with Crippen LogP contribution in [0.25, 0.3) is 98.0 Å². The number of rotatable bonds is 6. The highest BCUT2D eigenvalue weighted by molar-refractivity contribution is 6.34. The van der Waals surface area contributed by atoms with Crippen molar-refractivity contribution in [2.24, 2.45) is 0 Å². The number of hydrogen-bond donors (Lipinski definition) is 0. The molecule has 15 rings (SSSR count). The van der Waals surface area contributed by atoms with Gasteiger partial charge in [-0.1, -0.05) is 152 Å². The first-order chi connectivity index (χ1) is 32.8. The third-order valence-corrected chi connectivity index (χ3v) is 14.0. The summed E-state index contributed by atoms with van der Waals surface area (Å²) in [5.41, 5.74) is 14.4.